The van der Waals surface area contributed by atoms with Gasteiger partial charge in [-0.05, 0) is 28.4 Å². The van der Waals surface area contributed by atoms with E-state index in [0.717, 1.165) is 37.5 Å². The second-order valence-corrected chi connectivity index (χ2v) is 4.45. The third-order valence-electron chi connectivity index (χ3n) is 2.40. The first-order valence-electron chi connectivity index (χ1n) is 6.16. The van der Waals surface area contributed by atoms with Crippen molar-refractivity contribution in [2.75, 3.05) is 0 Å². The van der Waals surface area contributed by atoms with Crippen LogP contribution in [0.25, 0.3) is 6.08 Å². The lowest BCUT2D eigenvalue weighted by Gasteiger charge is -1.92. The summed E-state index contributed by atoms with van der Waals surface area (Å²) >= 11 is 2.04. The van der Waals surface area contributed by atoms with Gasteiger partial charge in [0.25, 0.3) is 0 Å². The molecular formula is C17H15IO. The first kappa shape index (κ1) is 15.5. The van der Waals surface area contributed by atoms with Crippen LogP contribution < -0.4 is 0 Å². The predicted octanol–water partition coefficient (Wildman–Crippen LogP) is 4.23. The molecule has 0 fully saturated rings. The monoisotopic (exact) mass is 362 g/mol. The van der Waals surface area contributed by atoms with E-state index in [4.69, 9.17) is 0 Å². The second kappa shape index (κ2) is 10.4. The normalized spacial score (nSPS) is 9.84. The van der Waals surface area contributed by atoms with Gasteiger partial charge < -0.3 is 0 Å². The Balaban J connectivity index is 2.46. The first-order chi connectivity index (χ1) is 9.36. The quantitative estimate of drug-likeness (QED) is 0.252. The number of aldehydes is 1. The van der Waals surface area contributed by atoms with E-state index in [2.05, 4.69) is 21.7 Å². The number of allylic oxidation sites excluding steroid dienone is 1. The van der Waals surface area contributed by atoms with Gasteiger partial charge in [0.05, 0.1) is 5.57 Å². The van der Waals surface area contributed by atoms with E-state index in [1.54, 1.807) is 0 Å². The molecule has 0 aliphatic rings. The molecule has 0 saturated heterocycles. The van der Waals surface area contributed by atoms with Crippen LogP contribution in [0.2, 0.25) is 0 Å². The van der Waals surface area contributed by atoms with Crippen molar-refractivity contribution in [3.63, 3.8) is 0 Å². The van der Waals surface area contributed by atoms with E-state index in [-0.39, 0.29) is 0 Å². The van der Waals surface area contributed by atoms with Crippen LogP contribution in [0.3, 0.4) is 0 Å². The molecule has 0 atom stereocenters. The number of carbonyl (C=O) groups is 1. The summed E-state index contributed by atoms with van der Waals surface area (Å²) in [6.07, 6.45) is 6.43. The fourth-order valence-corrected chi connectivity index (χ4v) is 1.74. The summed E-state index contributed by atoms with van der Waals surface area (Å²) in [5, 5.41) is 0. The van der Waals surface area contributed by atoms with Crippen molar-refractivity contribution in [2.45, 2.75) is 25.7 Å². The molecule has 96 valence electrons. The minimum absolute atomic E-state index is 0.526. The Morgan fingerprint density at radius 2 is 1.79 bits per heavy atom. The average Bonchev–Trinajstić information content (AvgIpc) is 2.46. The van der Waals surface area contributed by atoms with E-state index in [9.17, 15) is 4.79 Å². The van der Waals surface area contributed by atoms with E-state index >= 15 is 0 Å². The van der Waals surface area contributed by atoms with Crippen LogP contribution >= 0.6 is 22.6 Å². The molecule has 1 nitrogen and oxygen atoms in total. The molecule has 0 heterocycles. The van der Waals surface area contributed by atoms with Gasteiger partial charge in [-0.2, -0.15) is 0 Å². The minimum atomic E-state index is 0.526. The number of hydrogen-bond acceptors (Lipinski definition) is 1. The van der Waals surface area contributed by atoms with E-state index in [1.165, 1.54) is 0 Å². The Labute approximate surface area is 128 Å². The van der Waals surface area contributed by atoms with Crippen molar-refractivity contribution >= 4 is 35.0 Å². The molecule has 0 N–H and O–H groups in total. The summed E-state index contributed by atoms with van der Waals surface area (Å²) in [6.45, 7) is 0. The van der Waals surface area contributed by atoms with Crippen LogP contribution in [0.1, 0.15) is 31.2 Å². The SMILES string of the molecule is O=CC(C#CCCCCC#CI)=Cc1ccccc1. The summed E-state index contributed by atoms with van der Waals surface area (Å²) in [6, 6.07) is 9.73. The second-order valence-electron chi connectivity index (χ2n) is 3.91. The zero-order valence-electron chi connectivity index (χ0n) is 10.7. The van der Waals surface area contributed by atoms with Crippen molar-refractivity contribution in [3.8, 4) is 21.7 Å². The molecule has 2 heteroatoms. The van der Waals surface area contributed by atoms with Gasteiger partial charge in [0.1, 0.15) is 0 Å². The highest BCUT2D eigenvalue weighted by molar-refractivity contribution is 14.1. The summed E-state index contributed by atoms with van der Waals surface area (Å²) < 4.78 is 2.84. The van der Waals surface area contributed by atoms with Gasteiger partial charge in [0.2, 0.25) is 0 Å². The summed E-state index contributed by atoms with van der Waals surface area (Å²) in [5.41, 5.74) is 1.52. The van der Waals surface area contributed by atoms with Crippen LogP contribution in [0.15, 0.2) is 35.9 Å². The number of carbonyl (C=O) groups excluding carboxylic acids is 1. The Morgan fingerprint density at radius 3 is 2.42 bits per heavy atom. The lowest BCUT2D eigenvalue weighted by Crippen LogP contribution is -1.81. The molecule has 0 radical (unpaired) electrons. The minimum Gasteiger partial charge on any atom is -0.297 e. The molecule has 0 saturated carbocycles. The molecule has 0 aromatic heterocycles. The maximum atomic E-state index is 10.9. The zero-order valence-corrected chi connectivity index (χ0v) is 12.8. The molecule has 0 aliphatic heterocycles. The van der Waals surface area contributed by atoms with Crippen molar-refractivity contribution in [3.05, 3.63) is 41.5 Å². The van der Waals surface area contributed by atoms with E-state index in [1.807, 2.05) is 59.0 Å². The van der Waals surface area contributed by atoms with Crippen molar-refractivity contribution in [2.24, 2.45) is 0 Å². The van der Waals surface area contributed by atoms with Gasteiger partial charge in [-0.25, -0.2) is 0 Å². The van der Waals surface area contributed by atoms with Gasteiger partial charge in [0, 0.05) is 35.4 Å². The highest BCUT2D eigenvalue weighted by atomic mass is 127. The fraction of sp³-hybridized carbons (Fsp3) is 0.235. The van der Waals surface area contributed by atoms with Gasteiger partial charge in [-0.1, -0.05) is 48.1 Å². The van der Waals surface area contributed by atoms with E-state index < -0.39 is 0 Å². The highest BCUT2D eigenvalue weighted by Gasteiger charge is 1.91. The topological polar surface area (TPSA) is 17.1 Å². The lowest BCUT2D eigenvalue weighted by atomic mass is 10.1. The third kappa shape index (κ3) is 7.49. The van der Waals surface area contributed by atoms with Crippen LogP contribution in [0.5, 0.6) is 0 Å². The molecular weight excluding hydrogens is 347 g/mol. The Kier molecular flexibility index (Phi) is 8.51. The zero-order chi connectivity index (χ0) is 13.8. The lowest BCUT2D eigenvalue weighted by molar-refractivity contribution is -0.104. The largest absolute Gasteiger partial charge is 0.297 e. The molecule has 0 amide bonds. The standard InChI is InChI=1S/C17H15IO/c18-13-9-4-2-1-3-6-12-17(15-19)14-16-10-7-5-8-11-16/h5,7-8,10-11,14-15H,1-4H2. The number of unbranched alkanes of at least 4 members (excludes halogenated alkanes) is 3. The Hall–Kier alpha value is -1.52. The van der Waals surface area contributed by atoms with Crippen molar-refractivity contribution < 1.29 is 4.79 Å². The third-order valence-corrected chi connectivity index (χ3v) is 2.78. The smallest absolute Gasteiger partial charge is 0.158 e. The number of hydrogen-bond donors (Lipinski definition) is 0. The maximum Gasteiger partial charge on any atom is 0.158 e. The van der Waals surface area contributed by atoms with Gasteiger partial charge >= 0.3 is 0 Å². The van der Waals surface area contributed by atoms with Crippen molar-refractivity contribution in [1.82, 2.24) is 0 Å². The molecule has 19 heavy (non-hydrogen) atoms. The number of benzene rings is 1. The van der Waals surface area contributed by atoms with E-state index in [0.29, 0.717) is 5.57 Å². The van der Waals surface area contributed by atoms with Crippen LogP contribution in [-0.4, -0.2) is 6.29 Å². The van der Waals surface area contributed by atoms with Gasteiger partial charge in [-0.3, -0.25) is 4.79 Å². The first-order valence-corrected chi connectivity index (χ1v) is 7.24. The molecule has 0 aliphatic carbocycles. The van der Waals surface area contributed by atoms with Crippen LogP contribution in [0, 0.1) is 21.7 Å². The summed E-state index contributed by atoms with van der Waals surface area (Å²) in [5.74, 6) is 8.96. The van der Waals surface area contributed by atoms with Crippen LogP contribution in [0.4, 0.5) is 0 Å². The highest BCUT2D eigenvalue weighted by Crippen LogP contribution is 2.04. The molecule has 0 spiro atoms. The number of halogens is 1. The summed E-state index contributed by atoms with van der Waals surface area (Å²) in [7, 11) is 0. The summed E-state index contributed by atoms with van der Waals surface area (Å²) in [4.78, 5) is 10.9. The van der Waals surface area contributed by atoms with Gasteiger partial charge in [0.15, 0.2) is 6.29 Å². The molecule has 1 rings (SSSR count). The maximum absolute atomic E-state index is 10.9. The Bertz CT molecular complexity index is 535. The fourth-order valence-electron chi connectivity index (χ4n) is 1.47. The van der Waals surface area contributed by atoms with Gasteiger partial charge in [-0.15, -0.1) is 0 Å². The molecule has 1 aromatic carbocycles. The Morgan fingerprint density at radius 1 is 1.11 bits per heavy atom. The van der Waals surface area contributed by atoms with Crippen LogP contribution in [-0.2, 0) is 4.79 Å². The molecule has 0 bridgehead atoms. The predicted molar refractivity (Wildman–Crippen MR) is 88.5 cm³/mol. The van der Waals surface area contributed by atoms with Crippen molar-refractivity contribution in [1.29, 1.82) is 0 Å². The number of rotatable bonds is 5. The molecule has 1 aromatic rings. The molecule has 0 unspecified atom stereocenters. The average molecular weight is 362 g/mol.